The molecule has 4 aromatic rings. The molecule has 0 spiro atoms. The van der Waals surface area contributed by atoms with E-state index in [2.05, 4.69) is 0 Å². The standard InChI is InChI=1S/C32H28FNO3/c1-19-15-21(3)27(16-20(19)2)29(35)18-37-32(36)30-25-8-4-5-10-28(25)34-31-23(7-6-9-26(30)31)17-22-11-13-24(33)14-12-22/h4-5,8,10-17H,6-7,9,18H2,1-3H3. The Balaban J connectivity index is 1.51. The number of halogens is 1. The van der Waals surface area contributed by atoms with Crippen LogP contribution in [-0.2, 0) is 11.2 Å². The van der Waals surface area contributed by atoms with E-state index in [1.165, 1.54) is 12.1 Å². The van der Waals surface area contributed by atoms with E-state index in [-0.39, 0.29) is 18.2 Å². The van der Waals surface area contributed by atoms with Crippen molar-refractivity contribution in [1.29, 1.82) is 0 Å². The molecule has 0 unspecified atom stereocenters. The van der Waals surface area contributed by atoms with Crippen LogP contribution in [0.15, 0.2) is 60.7 Å². The van der Waals surface area contributed by atoms with Crippen molar-refractivity contribution in [3.63, 3.8) is 0 Å². The summed E-state index contributed by atoms with van der Waals surface area (Å²) < 4.78 is 19.0. The Morgan fingerprint density at radius 2 is 1.68 bits per heavy atom. The van der Waals surface area contributed by atoms with E-state index in [1.54, 1.807) is 12.1 Å². The number of para-hydroxylation sites is 1. The highest BCUT2D eigenvalue weighted by Gasteiger charge is 2.26. The fraction of sp³-hybridized carbons (Fsp3) is 0.219. The second-order valence-corrected chi connectivity index (χ2v) is 9.66. The summed E-state index contributed by atoms with van der Waals surface area (Å²) in [7, 11) is 0. The Labute approximate surface area is 215 Å². The lowest BCUT2D eigenvalue weighted by molar-refractivity contribution is 0.0475. The van der Waals surface area contributed by atoms with Crippen molar-refractivity contribution in [2.75, 3.05) is 6.61 Å². The maximum atomic E-state index is 13.5. The number of benzene rings is 3. The number of ether oxygens (including phenoxy) is 1. The number of pyridine rings is 1. The highest BCUT2D eigenvalue weighted by molar-refractivity contribution is 6.08. The summed E-state index contributed by atoms with van der Waals surface area (Å²) in [5, 5.41) is 0.712. The molecule has 1 aromatic heterocycles. The Hall–Kier alpha value is -4.12. The van der Waals surface area contributed by atoms with Gasteiger partial charge in [-0.1, -0.05) is 36.4 Å². The lowest BCUT2D eigenvalue weighted by atomic mass is 9.86. The molecule has 1 heterocycles. The number of aryl methyl sites for hydroxylation is 3. The third-order valence-electron chi connectivity index (χ3n) is 7.06. The van der Waals surface area contributed by atoms with E-state index in [9.17, 15) is 14.0 Å². The largest absolute Gasteiger partial charge is 0.454 e. The van der Waals surface area contributed by atoms with Crippen LogP contribution < -0.4 is 0 Å². The molecule has 0 fully saturated rings. The van der Waals surface area contributed by atoms with Gasteiger partial charge in [-0.25, -0.2) is 14.2 Å². The quantitative estimate of drug-likeness (QED) is 0.218. The zero-order valence-corrected chi connectivity index (χ0v) is 21.2. The predicted octanol–water partition coefficient (Wildman–Crippen LogP) is 7.22. The van der Waals surface area contributed by atoms with Crippen molar-refractivity contribution in [1.82, 2.24) is 4.98 Å². The fourth-order valence-corrected chi connectivity index (χ4v) is 5.01. The van der Waals surface area contributed by atoms with E-state index in [4.69, 9.17) is 9.72 Å². The fourth-order valence-electron chi connectivity index (χ4n) is 5.01. The second-order valence-electron chi connectivity index (χ2n) is 9.66. The third kappa shape index (κ3) is 4.94. The number of Topliss-reactive ketones (excluding diaryl/α,β-unsaturated/α-hetero) is 1. The summed E-state index contributed by atoms with van der Waals surface area (Å²) >= 11 is 0. The summed E-state index contributed by atoms with van der Waals surface area (Å²) in [5.41, 5.74) is 8.20. The Morgan fingerprint density at radius 1 is 0.946 bits per heavy atom. The molecular formula is C32H28FNO3. The second kappa shape index (κ2) is 10.1. The Bertz CT molecular complexity index is 1570. The van der Waals surface area contributed by atoms with Crippen molar-refractivity contribution in [2.24, 2.45) is 0 Å². The molecule has 37 heavy (non-hydrogen) atoms. The van der Waals surface area contributed by atoms with E-state index in [0.717, 1.165) is 51.9 Å². The summed E-state index contributed by atoms with van der Waals surface area (Å²) in [4.78, 5) is 31.4. The molecule has 186 valence electrons. The first kappa shape index (κ1) is 24.6. The first-order valence-corrected chi connectivity index (χ1v) is 12.5. The van der Waals surface area contributed by atoms with Crippen LogP contribution in [0.5, 0.6) is 0 Å². The van der Waals surface area contributed by atoms with E-state index < -0.39 is 5.97 Å². The van der Waals surface area contributed by atoms with Crippen LogP contribution >= 0.6 is 0 Å². The molecule has 1 aliphatic rings. The number of carbonyl (C=O) groups excluding carboxylic acids is 2. The van der Waals surface area contributed by atoms with Gasteiger partial charge in [-0.2, -0.15) is 0 Å². The van der Waals surface area contributed by atoms with Crippen molar-refractivity contribution in [2.45, 2.75) is 40.0 Å². The van der Waals surface area contributed by atoms with E-state index in [1.807, 2.05) is 63.2 Å². The summed E-state index contributed by atoms with van der Waals surface area (Å²) in [5.74, 6) is -1.03. The lowest BCUT2D eigenvalue weighted by Crippen LogP contribution is -2.19. The van der Waals surface area contributed by atoms with Gasteiger partial charge < -0.3 is 4.74 Å². The molecule has 0 saturated carbocycles. The topological polar surface area (TPSA) is 56.3 Å². The monoisotopic (exact) mass is 493 g/mol. The summed E-state index contributed by atoms with van der Waals surface area (Å²) in [6.07, 6.45) is 4.33. The number of esters is 1. The third-order valence-corrected chi connectivity index (χ3v) is 7.06. The van der Waals surface area contributed by atoms with Gasteiger partial charge in [0.25, 0.3) is 0 Å². The van der Waals surface area contributed by atoms with Crippen molar-refractivity contribution < 1.29 is 18.7 Å². The van der Waals surface area contributed by atoms with Crippen LogP contribution in [0.3, 0.4) is 0 Å². The molecule has 5 heteroatoms. The van der Waals surface area contributed by atoms with Gasteiger partial charge in [0.15, 0.2) is 6.61 Å². The average molecular weight is 494 g/mol. The van der Waals surface area contributed by atoms with Crippen LogP contribution in [0.4, 0.5) is 4.39 Å². The number of hydrogen-bond donors (Lipinski definition) is 0. The number of allylic oxidation sites excluding steroid dienone is 1. The number of aromatic nitrogens is 1. The first-order valence-electron chi connectivity index (χ1n) is 12.5. The molecular weight excluding hydrogens is 465 g/mol. The molecule has 0 amide bonds. The number of ketones is 1. The van der Waals surface area contributed by atoms with Crippen LogP contribution in [0, 0.1) is 26.6 Å². The molecule has 0 N–H and O–H groups in total. The molecule has 1 aliphatic carbocycles. The number of rotatable bonds is 5. The van der Waals surface area contributed by atoms with E-state index >= 15 is 0 Å². The number of carbonyl (C=O) groups is 2. The normalized spacial score (nSPS) is 14.0. The minimum atomic E-state index is -0.521. The summed E-state index contributed by atoms with van der Waals surface area (Å²) in [6.45, 7) is 5.53. The average Bonchev–Trinajstić information content (AvgIpc) is 2.89. The number of fused-ring (bicyclic) bond motifs is 2. The molecule has 3 aromatic carbocycles. The van der Waals surface area contributed by atoms with Crippen molar-refractivity contribution in [3.8, 4) is 0 Å². The van der Waals surface area contributed by atoms with Gasteiger partial charge in [0, 0.05) is 10.9 Å². The van der Waals surface area contributed by atoms with Gasteiger partial charge in [0.2, 0.25) is 5.78 Å². The zero-order chi connectivity index (χ0) is 26.1. The highest BCUT2D eigenvalue weighted by atomic mass is 19.1. The van der Waals surface area contributed by atoms with Gasteiger partial charge in [0.1, 0.15) is 5.82 Å². The van der Waals surface area contributed by atoms with E-state index in [0.29, 0.717) is 28.5 Å². The minimum Gasteiger partial charge on any atom is -0.454 e. The SMILES string of the molecule is Cc1cc(C)c(C(=O)COC(=O)c2c3c(nc4ccccc24)C(=Cc2ccc(F)cc2)CCC3)cc1C. The molecule has 0 aliphatic heterocycles. The molecule has 0 atom stereocenters. The molecule has 0 bridgehead atoms. The van der Waals surface area contributed by atoms with Crippen molar-refractivity contribution in [3.05, 3.63) is 111 Å². The van der Waals surface area contributed by atoms with Gasteiger partial charge in [-0.15, -0.1) is 0 Å². The molecule has 4 nitrogen and oxygen atoms in total. The molecule has 0 radical (unpaired) electrons. The van der Waals surface area contributed by atoms with Crippen LogP contribution in [-0.4, -0.2) is 23.3 Å². The van der Waals surface area contributed by atoms with Gasteiger partial charge in [-0.05, 0) is 104 Å². The number of nitrogens with zero attached hydrogens (tertiary/aromatic N) is 1. The van der Waals surface area contributed by atoms with Crippen LogP contribution in [0.1, 0.15) is 67.1 Å². The molecule has 0 saturated heterocycles. The smallest absolute Gasteiger partial charge is 0.339 e. The van der Waals surface area contributed by atoms with Gasteiger partial charge >= 0.3 is 5.97 Å². The maximum Gasteiger partial charge on any atom is 0.339 e. The first-order chi connectivity index (χ1) is 17.8. The Morgan fingerprint density at radius 3 is 2.46 bits per heavy atom. The Kier molecular flexibility index (Phi) is 6.70. The summed E-state index contributed by atoms with van der Waals surface area (Å²) in [6, 6.07) is 17.7. The number of hydrogen-bond acceptors (Lipinski definition) is 4. The van der Waals surface area contributed by atoms with Crippen LogP contribution in [0.2, 0.25) is 0 Å². The minimum absolute atomic E-state index is 0.224. The van der Waals surface area contributed by atoms with Gasteiger partial charge in [0.05, 0.1) is 16.8 Å². The maximum absolute atomic E-state index is 13.5. The predicted molar refractivity (Wildman–Crippen MR) is 144 cm³/mol. The lowest BCUT2D eigenvalue weighted by Gasteiger charge is -2.22. The van der Waals surface area contributed by atoms with Crippen LogP contribution in [0.25, 0.3) is 22.6 Å². The zero-order valence-electron chi connectivity index (χ0n) is 21.2. The van der Waals surface area contributed by atoms with Gasteiger partial charge in [-0.3, -0.25) is 4.79 Å². The van der Waals surface area contributed by atoms with Crippen molar-refractivity contribution >= 4 is 34.3 Å². The highest BCUT2D eigenvalue weighted by Crippen LogP contribution is 2.36. The molecule has 5 rings (SSSR count).